The summed E-state index contributed by atoms with van der Waals surface area (Å²) in [7, 11) is 0. The molecule has 0 saturated carbocycles. The van der Waals surface area contributed by atoms with E-state index in [0.29, 0.717) is 23.6 Å². The van der Waals surface area contributed by atoms with Crippen molar-refractivity contribution >= 4 is 24.0 Å². The molecule has 5 heteroatoms. The lowest BCUT2D eigenvalue weighted by Gasteiger charge is -2.00. The molecule has 0 aromatic carbocycles. The molecular formula is C8H11Cl2FN2. The molecule has 0 aliphatic carbocycles. The summed E-state index contributed by atoms with van der Waals surface area (Å²) in [4.78, 5) is 3.49. The molecular weight excluding hydrogens is 214 g/mol. The van der Waals surface area contributed by atoms with E-state index in [1.165, 1.54) is 6.20 Å². The molecule has 74 valence electrons. The van der Waals surface area contributed by atoms with Gasteiger partial charge in [-0.25, -0.2) is 4.98 Å². The van der Waals surface area contributed by atoms with Crippen LogP contribution in [0.5, 0.6) is 0 Å². The summed E-state index contributed by atoms with van der Waals surface area (Å²) >= 11 is 5.64. The van der Waals surface area contributed by atoms with Crippen LogP contribution in [0.4, 0.5) is 4.39 Å². The van der Waals surface area contributed by atoms with Gasteiger partial charge in [-0.05, 0) is 25.5 Å². The van der Waals surface area contributed by atoms with Gasteiger partial charge in [0, 0.05) is 11.8 Å². The van der Waals surface area contributed by atoms with Crippen molar-refractivity contribution in [2.75, 3.05) is 6.54 Å². The van der Waals surface area contributed by atoms with Gasteiger partial charge in [0.15, 0.2) is 0 Å². The van der Waals surface area contributed by atoms with E-state index < -0.39 is 5.95 Å². The van der Waals surface area contributed by atoms with Crippen molar-refractivity contribution in [3.05, 3.63) is 28.8 Å². The van der Waals surface area contributed by atoms with Crippen LogP contribution in [-0.4, -0.2) is 11.5 Å². The molecule has 1 aromatic rings. The monoisotopic (exact) mass is 224 g/mol. The number of hydrogen-bond donors (Lipinski definition) is 1. The lowest BCUT2D eigenvalue weighted by molar-refractivity contribution is 0.563. The first kappa shape index (κ1) is 12.6. The van der Waals surface area contributed by atoms with Crippen molar-refractivity contribution in [3.8, 4) is 0 Å². The smallest absolute Gasteiger partial charge is 0.216 e. The first-order valence-corrected chi connectivity index (χ1v) is 4.12. The van der Waals surface area contributed by atoms with Crippen LogP contribution >= 0.6 is 24.0 Å². The van der Waals surface area contributed by atoms with Gasteiger partial charge in [0.05, 0.1) is 5.02 Å². The van der Waals surface area contributed by atoms with Gasteiger partial charge in [-0.3, -0.25) is 0 Å². The van der Waals surface area contributed by atoms with E-state index >= 15 is 0 Å². The van der Waals surface area contributed by atoms with Crippen LogP contribution < -0.4 is 5.73 Å². The number of halogens is 3. The van der Waals surface area contributed by atoms with E-state index in [1.54, 1.807) is 6.07 Å². The molecule has 0 saturated heterocycles. The Labute approximate surface area is 87.7 Å². The number of nitrogens with zero attached hydrogens (tertiary/aromatic N) is 1. The summed E-state index contributed by atoms with van der Waals surface area (Å²) in [6.07, 6.45) is 2.64. The second kappa shape index (κ2) is 6.13. The quantitative estimate of drug-likeness (QED) is 0.800. The third kappa shape index (κ3) is 3.89. The number of pyridine rings is 1. The first-order valence-electron chi connectivity index (χ1n) is 3.74. The molecule has 2 N–H and O–H groups in total. The molecule has 0 unspecified atom stereocenters. The third-order valence-corrected chi connectivity index (χ3v) is 1.74. The van der Waals surface area contributed by atoms with Crippen molar-refractivity contribution in [2.45, 2.75) is 12.8 Å². The Morgan fingerprint density at radius 3 is 2.85 bits per heavy atom. The highest BCUT2D eigenvalue weighted by Gasteiger charge is 2.02. The van der Waals surface area contributed by atoms with Crippen molar-refractivity contribution in [3.63, 3.8) is 0 Å². The fourth-order valence-corrected chi connectivity index (χ4v) is 1.11. The van der Waals surface area contributed by atoms with Crippen molar-refractivity contribution in [2.24, 2.45) is 5.73 Å². The largest absolute Gasteiger partial charge is 0.330 e. The summed E-state index contributed by atoms with van der Waals surface area (Å²) < 4.78 is 12.9. The van der Waals surface area contributed by atoms with E-state index in [1.807, 2.05) is 0 Å². The summed E-state index contributed by atoms with van der Waals surface area (Å²) in [5.41, 5.74) is 5.82. The molecule has 0 amide bonds. The lowest BCUT2D eigenvalue weighted by atomic mass is 10.1. The zero-order valence-corrected chi connectivity index (χ0v) is 8.54. The van der Waals surface area contributed by atoms with Crippen LogP contribution in [0, 0.1) is 5.95 Å². The molecule has 0 radical (unpaired) electrons. The third-order valence-electron chi connectivity index (χ3n) is 1.53. The summed E-state index contributed by atoms with van der Waals surface area (Å²) in [6.45, 7) is 0.548. The molecule has 0 aliphatic rings. The maximum atomic E-state index is 12.9. The maximum absolute atomic E-state index is 12.9. The second-order valence-electron chi connectivity index (χ2n) is 2.50. The van der Waals surface area contributed by atoms with Gasteiger partial charge >= 0.3 is 0 Å². The fraction of sp³-hybridized carbons (Fsp3) is 0.375. The van der Waals surface area contributed by atoms with Crippen LogP contribution in [0.15, 0.2) is 12.3 Å². The lowest BCUT2D eigenvalue weighted by Crippen LogP contribution is -2.02. The zero-order valence-electron chi connectivity index (χ0n) is 6.96. The van der Waals surface area contributed by atoms with Crippen molar-refractivity contribution in [1.29, 1.82) is 0 Å². The highest BCUT2D eigenvalue weighted by atomic mass is 35.5. The Morgan fingerprint density at radius 2 is 2.23 bits per heavy atom. The van der Waals surface area contributed by atoms with Crippen LogP contribution in [0.3, 0.4) is 0 Å². The molecule has 0 aliphatic heterocycles. The van der Waals surface area contributed by atoms with Crippen LogP contribution in [-0.2, 0) is 6.42 Å². The number of nitrogens with two attached hydrogens (primary N) is 1. The highest BCUT2D eigenvalue weighted by molar-refractivity contribution is 6.30. The molecule has 13 heavy (non-hydrogen) atoms. The van der Waals surface area contributed by atoms with Crippen molar-refractivity contribution in [1.82, 2.24) is 4.98 Å². The van der Waals surface area contributed by atoms with Gasteiger partial charge in [-0.15, -0.1) is 12.4 Å². The summed E-state index contributed by atoms with van der Waals surface area (Å²) in [5, 5.41) is 0.462. The van der Waals surface area contributed by atoms with Gasteiger partial charge in [0.2, 0.25) is 5.95 Å². The second-order valence-corrected chi connectivity index (χ2v) is 2.93. The number of aromatic nitrogens is 1. The molecule has 0 spiro atoms. The molecule has 0 atom stereocenters. The predicted octanol–water partition coefficient (Wildman–Crippen LogP) is 2.19. The summed E-state index contributed by atoms with van der Waals surface area (Å²) in [5.74, 6) is -0.451. The van der Waals surface area contributed by atoms with E-state index in [2.05, 4.69) is 4.98 Å². The topological polar surface area (TPSA) is 38.9 Å². The number of rotatable bonds is 3. The van der Waals surface area contributed by atoms with Crippen molar-refractivity contribution < 1.29 is 4.39 Å². The van der Waals surface area contributed by atoms with Crippen LogP contribution in [0.1, 0.15) is 12.0 Å². The Balaban J connectivity index is 0.00000144. The Kier molecular flexibility index (Phi) is 5.95. The zero-order chi connectivity index (χ0) is 8.97. The fourth-order valence-electron chi connectivity index (χ4n) is 0.932. The Hall–Kier alpha value is -0.380. The van der Waals surface area contributed by atoms with E-state index in [-0.39, 0.29) is 12.4 Å². The van der Waals surface area contributed by atoms with E-state index in [4.69, 9.17) is 17.3 Å². The molecule has 1 aromatic heterocycles. The number of aryl methyl sites for hydroxylation is 1. The van der Waals surface area contributed by atoms with Crippen LogP contribution in [0.25, 0.3) is 0 Å². The van der Waals surface area contributed by atoms with Gasteiger partial charge in [0.25, 0.3) is 0 Å². The number of hydrogen-bond acceptors (Lipinski definition) is 2. The average molecular weight is 225 g/mol. The average Bonchev–Trinajstić information content (AvgIpc) is 2.07. The van der Waals surface area contributed by atoms with E-state index in [0.717, 1.165) is 6.42 Å². The summed E-state index contributed by atoms with van der Waals surface area (Å²) in [6, 6.07) is 1.58. The van der Waals surface area contributed by atoms with Gasteiger partial charge in [0.1, 0.15) is 0 Å². The molecule has 1 rings (SSSR count). The maximum Gasteiger partial charge on any atom is 0.216 e. The molecule has 0 fully saturated rings. The minimum Gasteiger partial charge on any atom is -0.330 e. The Morgan fingerprint density at radius 1 is 1.54 bits per heavy atom. The van der Waals surface area contributed by atoms with E-state index in [9.17, 15) is 4.39 Å². The first-order chi connectivity index (χ1) is 5.74. The van der Waals surface area contributed by atoms with Gasteiger partial charge < -0.3 is 5.73 Å². The van der Waals surface area contributed by atoms with Gasteiger partial charge in [-0.2, -0.15) is 4.39 Å². The minimum absolute atomic E-state index is 0. The standard InChI is InChI=1S/C8H10ClFN2.ClH/c9-7-4-6(2-1-3-11)8(10)12-5-7;/h4-5H,1-3,11H2;1H. The predicted molar refractivity (Wildman–Crippen MR) is 53.8 cm³/mol. The molecule has 2 nitrogen and oxygen atoms in total. The molecule has 1 heterocycles. The van der Waals surface area contributed by atoms with Crippen LogP contribution in [0.2, 0.25) is 5.02 Å². The molecule has 0 bridgehead atoms. The highest BCUT2D eigenvalue weighted by Crippen LogP contribution is 2.13. The Bertz CT molecular complexity index is 268. The van der Waals surface area contributed by atoms with Gasteiger partial charge in [-0.1, -0.05) is 11.6 Å². The minimum atomic E-state index is -0.451. The normalized spacial score (nSPS) is 9.46. The SMILES string of the molecule is Cl.NCCCc1cc(Cl)cnc1F.